The Morgan fingerprint density at radius 1 is 1.19 bits per heavy atom. The van der Waals surface area contributed by atoms with Gasteiger partial charge in [0.25, 0.3) is 0 Å². The van der Waals surface area contributed by atoms with Gasteiger partial charge in [-0.25, -0.2) is 0 Å². The fourth-order valence-corrected chi connectivity index (χ4v) is 3.85. The van der Waals surface area contributed by atoms with Crippen molar-refractivity contribution in [1.82, 2.24) is 14.7 Å². The molecule has 1 fully saturated rings. The fourth-order valence-electron chi connectivity index (χ4n) is 3.85. The third kappa shape index (κ3) is 4.47. The van der Waals surface area contributed by atoms with E-state index in [9.17, 15) is 13.2 Å². The normalized spacial score (nSPS) is 19.0. The van der Waals surface area contributed by atoms with Crippen LogP contribution in [0.25, 0.3) is 0 Å². The highest BCUT2D eigenvalue weighted by Gasteiger charge is 2.33. The molecule has 0 saturated carbocycles. The highest BCUT2D eigenvalue weighted by atomic mass is 19.4. The SMILES string of the molecule is Cc1c(CN2CCC[C@@H](CCc3ccccc3C(F)(F)F)C2)cnn1C. The quantitative estimate of drug-likeness (QED) is 0.773. The van der Waals surface area contributed by atoms with Gasteiger partial charge in [0.1, 0.15) is 0 Å². The van der Waals surface area contributed by atoms with Gasteiger partial charge in [0.15, 0.2) is 0 Å². The van der Waals surface area contributed by atoms with Crippen LogP contribution in [0.5, 0.6) is 0 Å². The summed E-state index contributed by atoms with van der Waals surface area (Å²) >= 11 is 0. The molecule has 1 saturated heterocycles. The number of alkyl halides is 3. The van der Waals surface area contributed by atoms with Crippen molar-refractivity contribution in [2.24, 2.45) is 13.0 Å². The lowest BCUT2D eigenvalue weighted by atomic mass is 9.90. The van der Waals surface area contributed by atoms with Crippen molar-refractivity contribution in [2.45, 2.75) is 45.3 Å². The van der Waals surface area contributed by atoms with E-state index < -0.39 is 11.7 Å². The number of benzene rings is 1. The van der Waals surface area contributed by atoms with Crippen molar-refractivity contribution >= 4 is 0 Å². The number of hydrogen-bond acceptors (Lipinski definition) is 2. The van der Waals surface area contributed by atoms with Crippen LogP contribution in [0.1, 0.15) is 41.6 Å². The summed E-state index contributed by atoms with van der Waals surface area (Å²) in [6.07, 6.45) is 1.13. The third-order valence-electron chi connectivity index (χ3n) is 5.48. The molecule has 0 amide bonds. The Bertz CT molecular complexity index is 736. The molecule has 26 heavy (non-hydrogen) atoms. The Morgan fingerprint density at radius 2 is 1.96 bits per heavy atom. The number of hydrogen-bond donors (Lipinski definition) is 0. The topological polar surface area (TPSA) is 21.1 Å². The van der Waals surface area contributed by atoms with Crippen LogP contribution in [0.15, 0.2) is 30.5 Å². The van der Waals surface area contributed by atoms with Crippen molar-refractivity contribution in [3.63, 3.8) is 0 Å². The maximum absolute atomic E-state index is 13.1. The number of likely N-dealkylation sites (tertiary alicyclic amines) is 1. The lowest BCUT2D eigenvalue weighted by Gasteiger charge is -2.33. The lowest BCUT2D eigenvalue weighted by molar-refractivity contribution is -0.138. The van der Waals surface area contributed by atoms with Gasteiger partial charge in [-0.2, -0.15) is 18.3 Å². The first-order valence-electron chi connectivity index (χ1n) is 9.19. The molecular weight excluding hydrogens is 339 g/mol. The van der Waals surface area contributed by atoms with Gasteiger partial charge < -0.3 is 0 Å². The average Bonchev–Trinajstić information content (AvgIpc) is 2.92. The van der Waals surface area contributed by atoms with Crippen molar-refractivity contribution in [2.75, 3.05) is 13.1 Å². The predicted octanol–water partition coefficient (Wildman–Crippen LogP) is 4.59. The van der Waals surface area contributed by atoms with E-state index >= 15 is 0 Å². The van der Waals surface area contributed by atoms with Crippen LogP contribution in [-0.2, 0) is 26.2 Å². The molecule has 2 heterocycles. The molecule has 1 aliphatic rings. The van der Waals surface area contributed by atoms with Crippen LogP contribution in [0.4, 0.5) is 13.2 Å². The van der Waals surface area contributed by atoms with Crippen molar-refractivity contribution in [1.29, 1.82) is 0 Å². The van der Waals surface area contributed by atoms with E-state index in [1.54, 1.807) is 12.1 Å². The van der Waals surface area contributed by atoms with E-state index in [4.69, 9.17) is 0 Å². The van der Waals surface area contributed by atoms with Crippen LogP contribution in [-0.4, -0.2) is 27.8 Å². The Labute approximate surface area is 152 Å². The Kier molecular flexibility index (Phi) is 5.70. The molecule has 0 aliphatic carbocycles. The van der Waals surface area contributed by atoms with Crippen molar-refractivity contribution in [3.05, 3.63) is 52.8 Å². The largest absolute Gasteiger partial charge is 0.416 e. The summed E-state index contributed by atoms with van der Waals surface area (Å²) in [5.41, 5.74) is 2.33. The smallest absolute Gasteiger partial charge is 0.299 e. The Hall–Kier alpha value is -1.82. The van der Waals surface area contributed by atoms with Gasteiger partial charge in [0, 0.05) is 31.4 Å². The molecule has 0 unspecified atom stereocenters. The van der Waals surface area contributed by atoms with Crippen molar-refractivity contribution < 1.29 is 13.2 Å². The second-order valence-corrected chi connectivity index (χ2v) is 7.32. The second-order valence-electron chi connectivity index (χ2n) is 7.32. The predicted molar refractivity (Wildman–Crippen MR) is 95.7 cm³/mol. The Morgan fingerprint density at radius 3 is 2.65 bits per heavy atom. The Balaban J connectivity index is 1.59. The summed E-state index contributed by atoms with van der Waals surface area (Å²) in [5, 5.41) is 4.29. The van der Waals surface area contributed by atoms with Gasteiger partial charge in [-0.1, -0.05) is 18.2 Å². The van der Waals surface area contributed by atoms with Crippen LogP contribution in [0, 0.1) is 12.8 Å². The molecule has 0 N–H and O–H groups in total. The lowest BCUT2D eigenvalue weighted by Crippen LogP contribution is -2.35. The molecule has 1 aliphatic heterocycles. The van der Waals surface area contributed by atoms with Crippen LogP contribution in [0.2, 0.25) is 0 Å². The first-order valence-corrected chi connectivity index (χ1v) is 9.19. The zero-order valence-corrected chi connectivity index (χ0v) is 15.4. The molecular formula is C20H26F3N3. The van der Waals surface area contributed by atoms with E-state index in [-0.39, 0.29) is 0 Å². The standard InChI is InChI=1S/C20H26F3N3/c1-15-18(12-24-25(15)2)14-26-11-5-6-16(13-26)9-10-17-7-3-4-8-19(17)20(21,22)23/h3-4,7-8,12,16H,5-6,9-11,13-14H2,1-2H3/t16-/m0/s1. The van der Waals surface area contributed by atoms with Gasteiger partial charge in [-0.15, -0.1) is 0 Å². The molecule has 2 aromatic rings. The molecule has 6 heteroatoms. The second kappa shape index (κ2) is 7.82. The molecule has 3 nitrogen and oxygen atoms in total. The maximum Gasteiger partial charge on any atom is 0.416 e. The zero-order valence-electron chi connectivity index (χ0n) is 15.4. The molecule has 0 spiro atoms. The molecule has 1 aromatic carbocycles. The summed E-state index contributed by atoms with van der Waals surface area (Å²) < 4.78 is 41.3. The summed E-state index contributed by atoms with van der Waals surface area (Å²) in [7, 11) is 1.94. The summed E-state index contributed by atoms with van der Waals surface area (Å²) in [4.78, 5) is 2.41. The molecule has 0 bridgehead atoms. The van der Waals surface area contributed by atoms with Crippen LogP contribution < -0.4 is 0 Å². The third-order valence-corrected chi connectivity index (χ3v) is 5.48. The van der Waals surface area contributed by atoms with E-state index in [2.05, 4.69) is 16.9 Å². The van der Waals surface area contributed by atoms with E-state index in [1.807, 2.05) is 17.9 Å². The van der Waals surface area contributed by atoms with E-state index in [0.29, 0.717) is 17.9 Å². The maximum atomic E-state index is 13.1. The van der Waals surface area contributed by atoms with Gasteiger partial charge in [-0.05, 0) is 56.7 Å². The van der Waals surface area contributed by atoms with Gasteiger partial charge in [-0.3, -0.25) is 9.58 Å². The number of rotatable bonds is 5. The summed E-state index contributed by atoms with van der Waals surface area (Å²) in [5.74, 6) is 0.446. The van der Waals surface area contributed by atoms with E-state index in [0.717, 1.165) is 38.9 Å². The van der Waals surface area contributed by atoms with Crippen LogP contribution >= 0.6 is 0 Å². The van der Waals surface area contributed by atoms with Crippen LogP contribution in [0.3, 0.4) is 0 Å². The molecule has 3 rings (SSSR count). The highest BCUT2D eigenvalue weighted by Crippen LogP contribution is 2.33. The first-order chi connectivity index (χ1) is 12.3. The molecule has 1 atom stereocenters. The summed E-state index contributed by atoms with van der Waals surface area (Å²) in [6.45, 7) is 4.93. The number of aromatic nitrogens is 2. The van der Waals surface area contributed by atoms with Gasteiger partial charge in [0.05, 0.1) is 11.8 Å². The average molecular weight is 365 g/mol. The minimum Gasteiger partial charge on any atom is -0.299 e. The minimum absolute atomic E-state index is 0.417. The van der Waals surface area contributed by atoms with Crippen molar-refractivity contribution in [3.8, 4) is 0 Å². The monoisotopic (exact) mass is 365 g/mol. The fraction of sp³-hybridized carbons (Fsp3) is 0.550. The highest BCUT2D eigenvalue weighted by molar-refractivity contribution is 5.29. The van der Waals surface area contributed by atoms with E-state index in [1.165, 1.54) is 23.4 Å². The summed E-state index contributed by atoms with van der Waals surface area (Å²) in [6, 6.07) is 5.96. The van der Waals surface area contributed by atoms with Gasteiger partial charge >= 0.3 is 6.18 Å². The number of aryl methyl sites for hydroxylation is 2. The molecule has 0 radical (unpaired) electrons. The first kappa shape index (κ1) is 19.0. The van der Waals surface area contributed by atoms with Gasteiger partial charge in [0.2, 0.25) is 0 Å². The zero-order chi connectivity index (χ0) is 18.7. The molecule has 142 valence electrons. The number of piperidine rings is 1. The molecule has 1 aromatic heterocycles. The minimum atomic E-state index is -4.27. The number of nitrogens with zero attached hydrogens (tertiary/aromatic N) is 3. The number of halogens is 3.